The molecule has 0 spiro atoms. The minimum atomic E-state index is 0.251. The number of rotatable bonds is 5. The summed E-state index contributed by atoms with van der Waals surface area (Å²) in [5.41, 5.74) is 3.81. The number of morpholine rings is 2. The molecule has 3 aromatic rings. The third kappa shape index (κ3) is 4.30. The van der Waals surface area contributed by atoms with Gasteiger partial charge in [-0.15, -0.1) is 0 Å². The van der Waals surface area contributed by atoms with Crippen LogP contribution in [0, 0.1) is 0 Å². The molecule has 2 saturated heterocycles. The predicted octanol–water partition coefficient (Wildman–Crippen LogP) is 3.22. The van der Waals surface area contributed by atoms with E-state index in [4.69, 9.17) is 9.47 Å². The van der Waals surface area contributed by atoms with E-state index in [1.54, 1.807) is 6.21 Å². The van der Waals surface area contributed by atoms with Gasteiger partial charge in [-0.3, -0.25) is 14.5 Å². The van der Waals surface area contributed by atoms with Crippen LogP contribution in [-0.2, 0) is 16.1 Å². The Morgan fingerprint density at radius 2 is 1.55 bits per heavy atom. The van der Waals surface area contributed by atoms with Gasteiger partial charge in [0.1, 0.15) is 0 Å². The van der Waals surface area contributed by atoms with Crippen LogP contribution >= 0.6 is 0 Å². The lowest BCUT2D eigenvalue weighted by atomic mass is 10.2. The smallest absolute Gasteiger partial charge is 0.202 e. The van der Waals surface area contributed by atoms with E-state index >= 15 is 0 Å². The van der Waals surface area contributed by atoms with E-state index in [0.29, 0.717) is 6.67 Å². The number of aromatic hydroxyl groups is 1. The molecule has 0 bridgehead atoms. The molecule has 2 aromatic carbocycles. The number of aliphatic imine (C=N–C) groups is 1. The van der Waals surface area contributed by atoms with Gasteiger partial charge in [0, 0.05) is 43.5 Å². The van der Waals surface area contributed by atoms with Gasteiger partial charge in [-0.2, -0.15) is 0 Å². The largest absolute Gasteiger partial charge is 0.494 e. The lowest BCUT2D eigenvalue weighted by Crippen LogP contribution is -2.37. The third-order valence-electron chi connectivity index (χ3n) is 6.00. The first kappa shape index (κ1) is 20.1. The molecule has 1 aromatic heterocycles. The van der Waals surface area contributed by atoms with Crippen molar-refractivity contribution in [2.24, 2.45) is 4.99 Å². The lowest BCUT2D eigenvalue weighted by Gasteiger charge is -2.28. The number of benzene rings is 2. The summed E-state index contributed by atoms with van der Waals surface area (Å²) in [6.07, 6.45) is 1.78. The Kier molecular flexibility index (Phi) is 5.88. The van der Waals surface area contributed by atoms with Crippen LogP contribution in [0.1, 0.15) is 5.56 Å². The molecule has 2 aliphatic heterocycles. The van der Waals surface area contributed by atoms with Gasteiger partial charge in [0.15, 0.2) is 0 Å². The topological polar surface area (TPSA) is 62.5 Å². The maximum atomic E-state index is 11.0. The first-order valence-electron chi connectivity index (χ1n) is 10.9. The highest BCUT2D eigenvalue weighted by molar-refractivity contribution is 6.03. The average molecular weight is 421 g/mol. The van der Waals surface area contributed by atoms with E-state index in [1.807, 2.05) is 41.0 Å². The summed E-state index contributed by atoms with van der Waals surface area (Å²) in [5.74, 6) is 0.251. The van der Waals surface area contributed by atoms with Crippen LogP contribution in [0.3, 0.4) is 0 Å². The first-order valence-corrected chi connectivity index (χ1v) is 10.9. The number of nitrogens with zero attached hydrogens (tertiary/aromatic N) is 4. The fourth-order valence-corrected chi connectivity index (χ4v) is 4.24. The average Bonchev–Trinajstić information content (AvgIpc) is 3.10. The van der Waals surface area contributed by atoms with Crippen molar-refractivity contribution >= 4 is 28.5 Å². The summed E-state index contributed by atoms with van der Waals surface area (Å²) >= 11 is 0. The van der Waals surface area contributed by atoms with Crippen molar-refractivity contribution in [2.45, 2.75) is 6.67 Å². The predicted molar refractivity (Wildman–Crippen MR) is 123 cm³/mol. The normalized spacial score (nSPS) is 18.3. The number of hydrogen-bond acceptors (Lipinski definition) is 6. The molecular weight excluding hydrogens is 392 g/mol. The Morgan fingerprint density at radius 3 is 2.29 bits per heavy atom. The monoisotopic (exact) mass is 420 g/mol. The van der Waals surface area contributed by atoms with Gasteiger partial charge < -0.3 is 19.5 Å². The summed E-state index contributed by atoms with van der Waals surface area (Å²) in [6.45, 7) is 7.20. The second kappa shape index (κ2) is 9.09. The van der Waals surface area contributed by atoms with Crippen molar-refractivity contribution in [1.29, 1.82) is 0 Å². The molecule has 5 rings (SSSR count). The Bertz CT molecular complexity index is 1050. The number of hydrogen-bond donors (Lipinski definition) is 1. The van der Waals surface area contributed by atoms with Crippen molar-refractivity contribution in [2.75, 3.05) is 57.5 Å². The Morgan fingerprint density at radius 1 is 0.871 bits per heavy atom. The van der Waals surface area contributed by atoms with Gasteiger partial charge >= 0.3 is 0 Å². The van der Waals surface area contributed by atoms with Crippen LogP contribution in [0.5, 0.6) is 5.88 Å². The minimum Gasteiger partial charge on any atom is -0.494 e. The van der Waals surface area contributed by atoms with Crippen molar-refractivity contribution < 1.29 is 14.6 Å². The standard InChI is InChI=1S/C24H28N4O3/c29-24-22(17-25-19-5-7-20(8-6-19)27-11-15-31-16-12-27)21-3-1-2-4-23(21)28(24)18-26-9-13-30-14-10-26/h1-8,17,29H,9-16,18H2. The molecule has 2 fully saturated rings. The van der Waals surface area contributed by atoms with E-state index in [9.17, 15) is 5.11 Å². The fraction of sp³-hybridized carbons (Fsp3) is 0.375. The quantitative estimate of drug-likeness (QED) is 0.642. The van der Waals surface area contributed by atoms with Crippen molar-refractivity contribution in [3.63, 3.8) is 0 Å². The first-order chi connectivity index (χ1) is 15.3. The third-order valence-corrected chi connectivity index (χ3v) is 6.00. The van der Waals surface area contributed by atoms with Gasteiger partial charge in [-0.1, -0.05) is 18.2 Å². The van der Waals surface area contributed by atoms with Crippen molar-refractivity contribution in [3.05, 3.63) is 54.1 Å². The molecule has 7 nitrogen and oxygen atoms in total. The molecule has 0 radical (unpaired) electrons. The van der Waals surface area contributed by atoms with Gasteiger partial charge in [-0.25, -0.2) is 0 Å². The molecule has 162 valence electrons. The molecule has 0 atom stereocenters. The Labute approximate surface area is 182 Å². The van der Waals surface area contributed by atoms with Gasteiger partial charge in [0.05, 0.1) is 49.9 Å². The molecule has 0 aliphatic carbocycles. The SMILES string of the molecule is Oc1c(C=Nc2ccc(N3CCOCC3)cc2)c2ccccc2n1CN1CCOCC1. The van der Waals surface area contributed by atoms with Gasteiger partial charge in [0.2, 0.25) is 5.88 Å². The van der Waals surface area contributed by atoms with E-state index in [-0.39, 0.29) is 5.88 Å². The van der Waals surface area contributed by atoms with Crippen LogP contribution in [0.15, 0.2) is 53.5 Å². The summed E-state index contributed by atoms with van der Waals surface area (Å²) in [5, 5.41) is 12.0. The summed E-state index contributed by atoms with van der Waals surface area (Å²) in [4.78, 5) is 9.27. The zero-order valence-corrected chi connectivity index (χ0v) is 17.6. The number of ether oxygens (including phenoxy) is 2. The molecule has 3 heterocycles. The Balaban J connectivity index is 1.39. The van der Waals surface area contributed by atoms with E-state index in [2.05, 4.69) is 26.9 Å². The van der Waals surface area contributed by atoms with E-state index in [0.717, 1.165) is 74.8 Å². The van der Waals surface area contributed by atoms with Crippen LogP contribution in [-0.4, -0.2) is 73.4 Å². The Hall–Kier alpha value is -2.87. The minimum absolute atomic E-state index is 0.251. The van der Waals surface area contributed by atoms with Crippen LogP contribution in [0.25, 0.3) is 10.9 Å². The number of fused-ring (bicyclic) bond motifs is 1. The molecule has 7 heteroatoms. The molecule has 31 heavy (non-hydrogen) atoms. The van der Waals surface area contributed by atoms with Crippen LogP contribution in [0.4, 0.5) is 11.4 Å². The number of aromatic nitrogens is 1. The van der Waals surface area contributed by atoms with Crippen LogP contribution in [0.2, 0.25) is 0 Å². The molecule has 0 amide bonds. The molecule has 2 aliphatic rings. The van der Waals surface area contributed by atoms with Crippen molar-refractivity contribution in [3.8, 4) is 5.88 Å². The highest BCUT2D eigenvalue weighted by atomic mass is 16.5. The number of anilines is 1. The van der Waals surface area contributed by atoms with Crippen LogP contribution < -0.4 is 4.90 Å². The summed E-state index contributed by atoms with van der Waals surface area (Å²) in [6, 6.07) is 16.3. The van der Waals surface area contributed by atoms with Crippen molar-refractivity contribution in [1.82, 2.24) is 9.47 Å². The highest BCUT2D eigenvalue weighted by Crippen LogP contribution is 2.31. The van der Waals surface area contributed by atoms with Gasteiger partial charge in [-0.05, 0) is 30.3 Å². The molecule has 1 N–H and O–H groups in total. The zero-order chi connectivity index (χ0) is 21.0. The van der Waals surface area contributed by atoms with Gasteiger partial charge in [0.25, 0.3) is 0 Å². The second-order valence-corrected chi connectivity index (χ2v) is 7.93. The summed E-state index contributed by atoms with van der Waals surface area (Å²) in [7, 11) is 0. The summed E-state index contributed by atoms with van der Waals surface area (Å²) < 4.78 is 12.8. The zero-order valence-electron chi connectivity index (χ0n) is 17.6. The lowest BCUT2D eigenvalue weighted by molar-refractivity contribution is 0.0231. The fourth-order valence-electron chi connectivity index (χ4n) is 4.24. The number of para-hydroxylation sites is 1. The molecule has 0 saturated carbocycles. The van der Waals surface area contributed by atoms with E-state index < -0.39 is 0 Å². The highest BCUT2D eigenvalue weighted by Gasteiger charge is 2.18. The van der Waals surface area contributed by atoms with E-state index in [1.165, 1.54) is 5.69 Å². The second-order valence-electron chi connectivity index (χ2n) is 7.93. The molecular formula is C24H28N4O3. The molecule has 0 unspecified atom stereocenters. The maximum absolute atomic E-state index is 11.0. The maximum Gasteiger partial charge on any atom is 0.202 e.